The first-order valence-electron chi connectivity index (χ1n) is 4.86. The van der Waals surface area contributed by atoms with Crippen LogP contribution in [0.4, 0.5) is 0 Å². The minimum Gasteiger partial charge on any atom is -0.330 e. The summed E-state index contributed by atoms with van der Waals surface area (Å²) in [5, 5.41) is 0. The van der Waals surface area contributed by atoms with Crippen molar-refractivity contribution in [1.82, 2.24) is 0 Å². The maximum atomic E-state index is 11.4. The first-order chi connectivity index (χ1) is 6.43. The summed E-state index contributed by atoms with van der Waals surface area (Å²) in [6, 6.07) is 0. The van der Waals surface area contributed by atoms with Crippen molar-refractivity contribution >= 4 is 15.6 Å². The lowest BCUT2D eigenvalue weighted by Gasteiger charge is -2.08. The molecule has 0 aliphatic rings. The Bertz CT molecular complexity index is 272. The highest BCUT2D eigenvalue weighted by atomic mass is 32.2. The van der Waals surface area contributed by atoms with E-state index in [4.69, 9.17) is 5.73 Å². The van der Waals surface area contributed by atoms with Crippen molar-refractivity contribution in [2.24, 2.45) is 11.7 Å². The van der Waals surface area contributed by atoms with Crippen LogP contribution in [0.1, 0.15) is 26.7 Å². The van der Waals surface area contributed by atoms with Gasteiger partial charge in [-0.2, -0.15) is 0 Å². The van der Waals surface area contributed by atoms with Gasteiger partial charge in [-0.3, -0.25) is 4.79 Å². The second kappa shape index (κ2) is 6.14. The molecule has 0 bridgehead atoms. The van der Waals surface area contributed by atoms with E-state index in [1.165, 1.54) is 0 Å². The van der Waals surface area contributed by atoms with Gasteiger partial charge < -0.3 is 5.73 Å². The third-order valence-corrected chi connectivity index (χ3v) is 3.95. The summed E-state index contributed by atoms with van der Waals surface area (Å²) in [5.74, 6) is -0.0532. The van der Waals surface area contributed by atoms with Gasteiger partial charge in [0.25, 0.3) is 0 Å². The molecule has 0 aromatic rings. The second-order valence-electron chi connectivity index (χ2n) is 3.43. The molecule has 0 aromatic heterocycles. The van der Waals surface area contributed by atoms with Crippen molar-refractivity contribution in [3.05, 3.63) is 0 Å². The van der Waals surface area contributed by atoms with Gasteiger partial charge in [0.1, 0.15) is 15.6 Å². The number of sulfone groups is 1. The van der Waals surface area contributed by atoms with Gasteiger partial charge in [0, 0.05) is 18.1 Å². The molecule has 5 heteroatoms. The zero-order valence-corrected chi connectivity index (χ0v) is 9.64. The monoisotopic (exact) mass is 221 g/mol. The van der Waals surface area contributed by atoms with Gasteiger partial charge in [-0.05, 0) is 13.0 Å². The summed E-state index contributed by atoms with van der Waals surface area (Å²) in [6.07, 6.45) is 0.752. The van der Waals surface area contributed by atoms with E-state index >= 15 is 0 Å². The van der Waals surface area contributed by atoms with Crippen LogP contribution in [0.2, 0.25) is 0 Å². The molecule has 0 saturated carbocycles. The van der Waals surface area contributed by atoms with Crippen molar-refractivity contribution in [3.8, 4) is 0 Å². The van der Waals surface area contributed by atoms with Gasteiger partial charge in [0.15, 0.2) is 0 Å². The van der Waals surface area contributed by atoms with Gasteiger partial charge in [-0.15, -0.1) is 0 Å². The Balaban J connectivity index is 3.97. The Kier molecular flexibility index (Phi) is 5.95. The van der Waals surface area contributed by atoms with E-state index in [0.717, 1.165) is 0 Å². The minimum absolute atomic E-state index is 0.00697. The first kappa shape index (κ1) is 13.6. The highest BCUT2D eigenvalue weighted by molar-refractivity contribution is 7.91. The second-order valence-corrected chi connectivity index (χ2v) is 5.90. The number of carbonyl (C=O) groups excluding carboxylic acids is 1. The summed E-state index contributed by atoms with van der Waals surface area (Å²) >= 11 is 0. The lowest BCUT2D eigenvalue weighted by Crippen LogP contribution is -2.19. The van der Waals surface area contributed by atoms with Crippen molar-refractivity contribution in [2.45, 2.75) is 26.7 Å². The Hall–Kier alpha value is -0.420. The molecule has 0 aliphatic heterocycles. The Morgan fingerprint density at radius 3 is 2.43 bits per heavy atom. The maximum Gasteiger partial charge on any atom is 0.150 e. The summed E-state index contributed by atoms with van der Waals surface area (Å²) in [4.78, 5) is 11.4. The quantitative estimate of drug-likeness (QED) is 0.673. The molecule has 0 saturated heterocycles. The van der Waals surface area contributed by atoms with E-state index in [9.17, 15) is 13.2 Å². The average Bonchev–Trinajstić information content (AvgIpc) is 2.15. The predicted molar refractivity (Wildman–Crippen MR) is 56.8 cm³/mol. The van der Waals surface area contributed by atoms with Crippen LogP contribution in [-0.4, -0.2) is 32.3 Å². The summed E-state index contributed by atoms with van der Waals surface area (Å²) in [5.41, 5.74) is 5.30. The highest BCUT2D eigenvalue weighted by Gasteiger charge is 2.15. The van der Waals surface area contributed by atoms with Crippen LogP contribution in [0.15, 0.2) is 0 Å². The summed E-state index contributed by atoms with van der Waals surface area (Å²) in [6.45, 7) is 3.84. The topological polar surface area (TPSA) is 77.2 Å². The molecule has 0 aromatic carbocycles. The fourth-order valence-corrected chi connectivity index (χ4v) is 1.86. The first-order valence-corrected chi connectivity index (χ1v) is 6.68. The zero-order chi connectivity index (χ0) is 11.2. The predicted octanol–water partition coefficient (Wildman–Crippen LogP) is 0.365. The van der Waals surface area contributed by atoms with E-state index in [2.05, 4.69) is 0 Å². The molecule has 4 nitrogen and oxygen atoms in total. The SMILES string of the molecule is CCS(=O)(=O)CCC(=O)C(C)CCN. The van der Waals surface area contributed by atoms with E-state index in [0.29, 0.717) is 13.0 Å². The summed E-state index contributed by atoms with van der Waals surface area (Å²) < 4.78 is 22.2. The molecule has 1 unspecified atom stereocenters. The number of Topliss-reactive ketones (excluding diaryl/α,β-unsaturated/α-hetero) is 1. The van der Waals surface area contributed by atoms with Gasteiger partial charge in [-0.25, -0.2) is 8.42 Å². The molecule has 0 aliphatic carbocycles. The van der Waals surface area contributed by atoms with Gasteiger partial charge in [0.05, 0.1) is 5.75 Å². The van der Waals surface area contributed by atoms with Crippen LogP contribution in [0.3, 0.4) is 0 Å². The Labute approximate surface area is 85.8 Å². The average molecular weight is 221 g/mol. The largest absolute Gasteiger partial charge is 0.330 e. The van der Waals surface area contributed by atoms with Crippen molar-refractivity contribution in [3.63, 3.8) is 0 Å². The summed E-state index contributed by atoms with van der Waals surface area (Å²) in [7, 11) is -3.02. The van der Waals surface area contributed by atoms with Crippen molar-refractivity contribution in [2.75, 3.05) is 18.1 Å². The Morgan fingerprint density at radius 1 is 1.43 bits per heavy atom. The molecule has 0 fully saturated rings. The number of carbonyl (C=O) groups is 1. The standard InChI is InChI=1S/C9H19NO3S/c1-3-14(12,13)7-5-9(11)8(2)4-6-10/h8H,3-7,10H2,1-2H3. The molecule has 0 heterocycles. The van der Waals surface area contributed by atoms with E-state index in [1.807, 2.05) is 0 Å². The van der Waals surface area contributed by atoms with Gasteiger partial charge >= 0.3 is 0 Å². The molecular weight excluding hydrogens is 202 g/mol. The lowest BCUT2D eigenvalue weighted by molar-refractivity contribution is -0.122. The molecule has 0 radical (unpaired) electrons. The van der Waals surface area contributed by atoms with E-state index in [-0.39, 0.29) is 29.6 Å². The fourth-order valence-electron chi connectivity index (χ4n) is 1.06. The van der Waals surface area contributed by atoms with Crippen LogP contribution >= 0.6 is 0 Å². The maximum absolute atomic E-state index is 11.4. The molecule has 1 atom stereocenters. The zero-order valence-electron chi connectivity index (χ0n) is 8.82. The van der Waals surface area contributed by atoms with E-state index < -0.39 is 9.84 Å². The van der Waals surface area contributed by atoms with Crippen LogP contribution in [-0.2, 0) is 14.6 Å². The number of ketones is 1. The lowest BCUT2D eigenvalue weighted by atomic mass is 10.0. The van der Waals surface area contributed by atoms with Gasteiger partial charge in [-0.1, -0.05) is 13.8 Å². The Morgan fingerprint density at radius 2 is 2.00 bits per heavy atom. The third-order valence-electron chi connectivity index (χ3n) is 2.25. The number of hydrogen-bond acceptors (Lipinski definition) is 4. The normalized spacial score (nSPS) is 13.9. The van der Waals surface area contributed by atoms with Crippen molar-refractivity contribution < 1.29 is 13.2 Å². The minimum atomic E-state index is -3.02. The molecule has 0 amide bonds. The van der Waals surface area contributed by atoms with Crippen LogP contribution in [0, 0.1) is 5.92 Å². The molecule has 84 valence electrons. The molecule has 0 spiro atoms. The number of hydrogen-bond donors (Lipinski definition) is 1. The van der Waals surface area contributed by atoms with Crippen LogP contribution in [0.25, 0.3) is 0 Å². The highest BCUT2D eigenvalue weighted by Crippen LogP contribution is 2.06. The van der Waals surface area contributed by atoms with E-state index in [1.54, 1.807) is 13.8 Å². The molecule has 14 heavy (non-hydrogen) atoms. The van der Waals surface area contributed by atoms with Crippen molar-refractivity contribution in [1.29, 1.82) is 0 Å². The molecule has 2 N–H and O–H groups in total. The number of rotatable bonds is 7. The fraction of sp³-hybridized carbons (Fsp3) is 0.889. The number of nitrogens with two attached hydrogens (primary N) is 1. The van der Waals surface area contributed by atoms with Crippen LogP contribution < -0.4 is 5.73 Å². The molecule has 0 rings (SSSR count). The smallest absolute Gasteiger partial charge is 0.150 e. The van der Waals surface area contributed by atoms with Gasteiger partial charge in [0.2, 0.25) is 0 Å². The molecular formula is C9H19NO3S. The van der Waals surface area contributed by atoms with Crippen LogP contribution in [0.5, 0.6) is 0 Å². The third kappa shape index (κ3) is 5.34.